The van der Waals surface area contributed by atoms with E-state index < -0.39 is 17.5 Å². The molecule has 0 radical (unpaired) electrons. The fraction of sp³-hybridized carbons (Fsp3) is 0.538. The maximum absolute atomic E-state index is 15.0. The quantitative estimate of drug-likeness (QED) is 0.467. The van der Waals surface area contributed by atoms with Crippen LogP contribution in [0, 0.1) is 29.3 Å². The van der Waals surface area contributed by atoms with Crippen molar-refractivity contribution in [2.75, 3.05) is 13.2 Å². The Kier molecular flexibility index (Phi) is 6.78. The molecule has 1 heterocycles. The predicted octanol–water partition coefficient (Wildman–Crippen LogP) is 7.65. The van der Waals surface area contributed by atoms with Gasteiger partial charge in [0, 0.05) is 6.42 Å². The van der Waals surface area contributed by atoms with Crippen LogP contribution in [-0.4, -0.2) is 13.2 Å². The van der Waals surface area contributed by atoms with Crippen molar-refractivity contribution in [1.29, 1.82) is 0 Å². The Hall–Kier alpha value is -2.17. The van der Waals surface area contributed by atoms with E-state index in [0.29, 0.717) is 22.8 Å². The summed E-state index contributed by atoms with van der Waals surface area (Å²) in [6.07, 6.45) is 8.95. The summed E-state index contributed by atoms with van der Waals surface area (Å²) >= 11 is 0. The summed E-state index contributed by atoms with van der Waals surface area (Å²) in [5.41, 5.74) is 0.372. The molecule has 1 unspecified atom stereocenters. The first-order valence-electron chi connectivity index (χ1n) is 11.6. The molecule has 5 heteroatoms. The molecule has 31 heavy (non-hydrogen) atoms. The summed E-state index contributed by atoms with van der Waals surface area (Å²) in [4.78, 5) is 0. The lowest BCUT2D eigenvalue weighted by Gasteiger charge is -2.35. The molecule has 2 aromatic carbocycles. The zero-order valence-corrected chi connectivity index (χ0v) is 18.4. The first-order chi connectivity index (χ1) is 15.0. The zero-order chi connectivity index (χ0) is 22.0. The van der Waals surface area contributed by atoms with Crippen molar-refractivity contribution in [1.82, 2.24) is 0 Å². The van der Waals surface area contributed by atoms with Crippen LogP contribution < -0.4 is 4.74 Å². The number of hydrogen-bond acceptors (Lipinski definition) is 2. The molecule has 1 saturated carbocycles. The normalized spacial score (nSPS) is 24.0. The second-order valence-corrected chi connectivity index (χ2v) is 8.84. The Balaban J connectivity index is 1.49. The molecule has 0 saturated heterocycles. The molecule has 2 aromatic rings. The lowest BCUT2D eigenvalue weighted by molar-refractivity contribution is 0.0892. The van der Waals surface area contributed by atoms with E-state index in [1.54, 1.807) is 19.1 Å². The summed E-state index contributed by atoms with van der Waals surface area (Å²) < 4.78 is 55.6. The molecule has 2 nitrogen and oxygen atoms in total. The van der Waals surface area contributed by atoms with E-state index in [2.05, 4.69) is 13.0 Å². The average Bonchev–Trinajstić information content (AvgIpc) is 2.79. The minimum atomic E-state index is -1.11. The van der Waals surface area contributed by atoms with Crippen LogP contribution in [0.4, 0.5) is 13.2 Å². The third-order valence-corrected chi connectivity index (χ3v) is 6.92. The number of ether oxygens (including phenoxy) is 2. The van der Waals surface area contributed by atoms with Gasteiger partial charge in [0.15, 0.2) is 23.2 Å². The van der Waals surface area contributed by atoms with Gasteiger partial charge in [0.05, 0.1) is 24.4 Å². The molecule has 168 valence electrons. The maximum atomic E-state index is 15.0. The van der Waals surface area contributed by atoms with Crippen molar-refractivity contribution in [3.8, 4) is 5.75 Å². The molecule has 1 atom stereocenters. The van der Waals surface area contributed by atoms with Gasteiger partial charge in [-0.15, -0.1) is 0 Å². The molecule has 1 aliphatic carbocycles. The summed E-state index contributed by atoms with van der Waals surface area (Å²) in [7, 11) is 0. The molecule has 4 rings (SSSR count). The molecule has 2 aliphatic rings. The van der Waals surface area contributed by atoms with E-state index in [1.807, 2.05) is 0 Å². The summed E-state index contributed by atoms with van der Waals surface area (Å²) in [6, 6.07) is 4.73. The number of allylic oxidation sites excluding steroid dienone is 2. The Bertz CT molecular complexity index is 961. The first kappa shape index (κ1) is 22.0. The van der Waals surface area contributed by atoms with E-state index in [0.717, 1.165) is 57.3 Å². The van der Waals surface area contributed by atoms with Crippen LogP contribution in [0.25, 0.3) is 10.8 Å². The highest BCUT2D eigenvalue weighted by atomic mass is 19.2. The van der Waals surface area contributed by atoms with Crippen LogP contribution >= 0.6 is 0 Å². The van der Waals surface area contributed by atoms with Crippen molar-refractivity contribution in [2.24, 2.45) is 11.8 Å². The van der Waals surface area contributed by atoms with E-state index in [1.165, 1.54) is 6.07 Å². The fourth-order valence-corrected chi connectivity index (χ4v) is 5.22. The Morgan fingerprint density at radius 2 is 1.74 bits per heavy atom. The third-order valence-electron chi connectivity index (χ3n) is 6.92. The molecule has 1 aliphatic heterocycles. The van der Waals surface area contributed by atoms with Crippen molar-refractivity contribution >= 4 is 10.8 Å². The summed E-state index contributed by atoms with van der Waals surface area (Å²) in [5, 5.41) is 0.0566. The van der Waals surface area contributed by atoms with Gasteiger partial charge in [-0.25, -0.2) is 13.2 Å². The Morgan fingerprint density at radius 3 is 2.39 bits per heavy atom. The Labute approximate surface area is 182 Å². The van der Waals surface area contributed by atoms with Gasteiger partial charge in [-0.05, 0) is 92.4 Å². The van der Waals surface area contributed by atoms with Crippen molar-refractivity contribution in [3.05, 3.63) is 53.0 Å². The first-order valence-corrected chi connectivity index (χ1v) is 11.6. The largest absolute Gasteiger partial charge is 0.498 e. The van der Waals surface area contributed by atoms with Crippen molar-refractivity contribution in [3.63, 3.8) is 0 Å². The monoisotopic (exact) mass is 432 g/mol. The van der Waals surface area contributed by atoms with Gasteiger partial charge in [-0.2, -0.15) is 0 Å². The van der Waals surface area contributed by atoms with Crippen LogP contribution in [0.3, 0.4) is 0 Å². The summed E-state index contributed by atoms with van der Waals surface area (Å²) in [6.45, 7) is 4.90. The van der Waals surface area contributed by atoms with Gasteiger partial charge in [-0.1, -0.05) is 13.0 Å². The third kappa shape index (κ3) is 4.42. The SMILES string of the molecule is CCCC1=CCC(C2CCC(c3cc4ccc(OCC)c(F)c4c(F)c3F)CC2)CO1. The molecule has 0 amide bonds. The second-order valence-electron chi connectivity index (χ2n) is 8.84. The zero-order valence-electron chi connectivity index (χ0n) is 18.4. The average molecular weight is 433 g/mol. The lowest BCUT2D eigenvalue weighted by atomic mass is 9.72. The molecule has 0 spiro atoms. The van der Waals surface area contributed by atoms with Gasteiger partial charge >= 0.3 is 0 Å². The molecular weight excluding hydrogens is 401 g/mol. The molecule has 0 aromatic heterocycles. The topological polar surface area (TPSA) is 18.5 Å². The van der Waals surface area contributed by atoms with Gasteiger partial charge in [0.2, 0.25) is 0 Å². The fourth-order valence-electron chi connectivity index (χ4n) is 5.22. The van der Waals surface area contributed by atoms with Gasteiger partial charge in [0.1, 0.15) is 0 Å². The maximum Gasteiger partial charge on any atom is 0.175 e. The molecule has 0 N–H and O–H groups in total. The Morgan fingerprint density at radius 1 is 0.968 bits per heavy atom. The number of benzene rings is 2. The highest BCUT2D eigenvalue weighted by Crippen LogP contribution is 2.43. The lowest BCUT2D eigenvalue weighted by Crippen LogP contribution is -2.26. The number of rotatable bonds is 6. The van der Waals surface area contributed by atoms with Gasteiger partial charge in [0.25, 0.3) is 0 Å². The minimum absolute atomic E-state index is 0.0412. The number of fused-ring (bicyclic) bond motifs is 1. The van der Waals surface area contributed by atoms with Crippen LogP contribution in [0.5, 0.6) is 5.75 Å². The van der Waals surface area contributed by atoms with E-state index in [-0.39, 0.29) is 23.7 Å². The number of halogens is 3. The van der Waals surface area contributed by atoms with Crippen molar-refractivity contribution < 1.29 is 22.6 Å². The number of hydrogen-bond donors (Lipinski definition) is 0. The minimum Gasteiger partial charge on any atom is -0.498 e. The highest BCUT2D eigenvalue weighted by Gasteiger charge is 2.32. The highest BCUT2D eigenvalue weighted by molar-refractivity contribution is 5.86. The second kappa shape index (κ2) is 9.54. The van der Waals surface area contributed by atoms with Crippen LogP contribution in [-0.2, 0) is 4.74 Å². The smallest absolute Gasteiger partial charge is 0.175 e. The standard InChI is InChI=1S/C26H31F3O2/c1-3-5-20-12-10-19(15-31-20)16-6-8-17(9-7-16)21-14-18-11-13-22(30-4-2)25(28)23(18)26(29)24(21)27/h11-14,16-17,19H,3-10,15H2,1-2H3. The summed E-state index contributed by atoms with van der Waals surface area (Å²) in [5.74, 6) is -0.784. The van der Waals surface area contributed by atoms with Crippen LogP contribution in [0.15, 0.2) is 30.0 Å². The van der Waals surface area contributed by atoms with Gasteiger partial charge < -0.3 is 9.47 Å². The predicted molar refractivity (Wildman–Crippen MR) is 117 cm³/mol. The molecular formula is C26H31F3O2. The van der Waals surface area contributed by atoms with Crippen molar-refractivity contribution in [2.45, 2.75) is 64.7 Å². The van der Waals surface area contributed by atoms with E-state index in [4.69, 9.17) is 9.47 Å². The van der Waals surface area contributed by atoms with E-state index >= 15 is 0 Å². The van der Waals surface area contributed by atoms with Crippen LogP contribution in [0.1, 0.15) is 70.3 Å². The molecule has 1 fully saturated rings. The van der Waals surface area contributed by atoms with Crippen LogP contribution in [0.2, 0.25) is 0 Å². The van der Waals surface area contributed by atoms with Gasteiger partial charge in [-0.3, -0.25) is 0 Å². The molecule has 0 bridgehead atoms. The van der Waals surface area contributed by atoms with E-state index in [9.17, 15) is 13.2 Å².